The zero-order valence-electron chi connectivity index (χ0n) is 13.9. The molecule has 24 heavy (non-hydrogen) atoms. The average Bonchev–Trinajstić information content (AvgIpc) is 2.55. The highest BCUT2D eigenvalue weighted by Gasteiger charge is 2.16. The molecule has 128 valence electrons. The molecule has 0 saturated heterocycles. The van der Waals surface area contributed by atoms with E-state index in [1.807, 2.05) is 6.92 Å². The number of hydrogen-bond donors (Lipinski definition) is 1. The molecule has 1 heterocycles. The van der Waals surface area contributed by atoms with E-state index in [1.54, 1.807) is 24.9 Å². The fourth-order valence-corrected chi connectivity index (χ4v) is 2.16. The molecule has 0 fully saturated rings. The molecule has 1 aromatic carbocycles. The highest BCUT2D eigenvalue weighted by molar-refractivity contribution is 5.92. The molecule has 1 aromatic heterocycles. The number of halogens is 2. The van der Waals surface area contributed by atoms with Crippen molar-refractivity contribution in [3.63, 3.8) is 0 Å². The largest absolute Gasteiger partial charge is 0.340 e. The molecule has 0 aliphatic heterocycles. The SMILES string of the molecule is CCCCN(C)C(=O)c1cc(C)nc(Nc2c(F)cccc2F)n1. The predicted octanol–water partition coefficient (Wildman–Crippen LogP) is 3.68. The smallest absolute Gasteiger partial charge is 0.272 e. The molecule has 0 bridgehead atoms. The first kappa shape index (κ1) is 17.8. The standard InChI is InChI=1S/C17H20F2N4O/c1-4-5-9-23(3)16(24)14-10-11(2)20-17(21-14)22-15-12(18)7-6-8-13(15)19/h6-8,10H,4-5,9H2,1-3H3,(H,20,21,22). The minimum Gasteiger partial charge on any atom is -0.340 e. The van der Waals surface area contributed by atoms with E-state index in [4.69, 9.17) is 0 Å². The van der Waals surface area contributed by atoms with Crippen LogP contribution in [0.5, 0.6) is 0 Å². The second kappa shape index (κ2) is 7.81. The summed E-state index contributed by atoms with van der Waals surface area (Å²) in [6.45, 7) is 4.34. The van der Waals surface area contributed by atoms with Crippen LogP contribution >= 0.6 is 0 Å². The highest BCUT2D eigenvalue weighted by Crippen LogP contribution is 2.21. The number of anilines is 2. The van der Waals surface area contributed by atoms with Gasteiger partial charge in [0.1, 0.15) is 23.0 Å². The zero-order valence-corrected chi connectivity index (χ0v) is 13.9. The van der Waals surface area contributed by atoms with E-state index in [-0.39, 0.29) is 23.2 Å². The van der Waals surface area contributed by atoms with E-state index < -0.39 is 11.6 Å². The van der Waals surface area contributed by atoms with Crippen molar-refractivity contribution >= 4 is 17.5 Å². The van der Waals surface area contributed by atoms with Crippen molar-refractivity contribution in [3.8, 4) is 0 Å². The van der Waals surface area contributed by atoms with Gasteiger partial charge in [0.15, 0.2) is 0 Å². The number of rotatable bonds is 6. The average molecular weight is 334 g/mol. The van der Waals surface area contributed by atoms with Crippen molar-refractivity contribution in [3.05, 3.63) is 47.3 Å². The van der Waals surface area contributed by atoms with Crippen LogP contribution in [0.1, 0.15) is 35.9 Å². The normalized spacial score (nSPS) is 10.5. The van der Waals surface area contributed by atoms with Crippen molar-refractivity contribution in [2.24, 2.45) is 0 Å². The number of carbonyl (C=O) groups excluding carboxylic acids is 1. The van der Waals surface area contributed by atoms with Crippen LogP contribution in [-0.2, 0) is 0 Å². The lowest BCUT2D eigenvalue weighted by molar-refractivity contribution is 0.0787. The van der Waals surface area contributed by atoms with Crippen LogP contribution in [0.4, 0.5) is 20.4 Å². The van der Waals surface area contributed by atoms with Gasteiger partial charge < -0.3 is 10.2 Å². The molecule has 0 radical (unpaired) electrons. The minimum absolute atomic E-state index is 0.0220. The van der Waals surface area contributed by atoms with E-state index >= 15 is 0 Å². The molecule has 2 aromatic rings. The van der Waals surface area contributed by atoms with Crippen molar-refractivity contribution in [2.75, 3.05) is 18.9 Å². The monoisotopic (exact) mass is 334 g/mol. The van der Waals surface area contributed by atoms with Gasteiger partial charge in [-0.2, -0.15) is 0 Å². The molecule has 7 heteroatoms. The van der Waals surface area contributed by atoms with Gasteiger partial charge in [0.05, 0.1) is 0 Å². The van der Waals surface area contributed by atoms with Gasteiger partial charge in [0.25, 0.3) is 5.91 Å². The lowest BCUT2D eigenvalue weighted by Gasteiger charge is -2.17. The fourth-order valence-electron chi connectivity index (χ4n) is 2.16. The summed E-state index contributed by atoms with van der Waals surface area (Å²) in [7, 11) is 1.69. The molecule has 1 amide bonds. The van der Waals surface area contributed by atoms with Crippen LogP contribution in [0.15, 0.2) is 24.3 Å². The van der Waals surface area contributed by atoms with Gasteiger partial charge >= 0.3 is 0 Å². The van der Waals surface area contributed by atoms with Crippen LogP contribution in [0.3, 0.4) is 0 Å². The number of para-hydroxylation sites is 1. The van der Waals surface area contributed by atoms with Gasteiger partial charge in [0.2, 0.25) is 5.95 Å². The van der Waals surface area contributed by atoms with Crippen LogP contribution in [-0.4, -0.2) is 34.4 Å². The predicted molar refractivity (Wildman–Crippen MR) is 88.3 cm³/mol. The second-order valence-electron chi connectivity index (χ2n) is 5.52. The minimum atomic E-state index is -0.756. The second-order valence-corrected chi connectivity index (χ2v) is 5.52. The Bertz CT molecular complexity index is 716. The molecule has 0 aliphatic rings. The number of benzene rings is 1. The van der Waals surface area contributed by atoms with Crippen molar-refractivity contribution in [1.82, 2.24) is 14.9 Å². The maximum absolute atomic E-state index is 13.7. The topological polar surface area (TPSA) is 58.1 Å². The maximum atomic E-state index is 13.7. The molecule has 0 atom stereocenters. The van der Waals surface area contributed by atoms with Gasteiger partial charge in [-0.1, -0.05) is 19.4 Å². The van der Waals surface area contributed by atoms with Crippen LogP contribution in [0.2, 0.25) is 0 Å². The number of unbranched alkanes of at least 4 members (excludes halogenated alkanes) is 1. The molecule has 0 aliphatic carbocycles. The first-order chi connectivity index (χ1) is 11.4. The van der Waals surface area contributed by atoms with Gasteiger partial charge in [-0.15, -0.1) is 0 Å². The molecule has 0 saturated carbocycles. The fraction of sp³-hybridized carbons (Fsp3) is 0.353. The van der Waals surface area contributed by atoms with Gasteiger partial charge in [0, 0.05) is 19.3 Å². The lowest BCUT2D eigenvalue weighted by atomic mass is 10.2. The third-order valence-corrected chi connectivity index (χ3v) is 3.47. The Labute approximate surface area is 139 Å². The first-order valence-electron chi connectivity index (χ1n) is 7.74. The van der Waals surface area contributed by atoms with E-state index in [0.29, 0.717) is 12.2 Å². The van der Waals surface area contributed by atoms with E-state index in [1.165, 1.54) is 6.07 Å². The van der Waals surface area contributed by atoms with Crippen molar-refractivity contribution in [2.45, 2.75) is 26.7 Å². The van der Waals surface area contributed by atoms with Crippen LogP contribution in [0.25, 0.3) is 0 Å². The number of nitrogens with one attached hydrogen (secondary N) is 1. The molecule has 5 nitrogen and oxygen atoms in total. The maximum Gasteiger partial charge on any atom is 0.272 e. The van der Waals surface area contributed by atoms with Crippen LogP contribution in [0, 0.1) is 18.6 Å². The molecular weight excluding hydrogens is 314 g/mol. The summed E-state index contributed by atoms with van der Waals surface area (Å²) >= 11 is 0. The summed E-state index contributed by atoms with van der Waals surface area (Å²) in [5.74, 6) is -1.79. The Morgan fingerprint density at radius 2 is 1.92 bits per heavy atom. The number of hydrogen-bond acceptors (Lipinski definition) is 4. The number of aryl methyl sites for hydroxylation is 1. The zero-order chi connectivity index (χ0) is 17.7. The van der Waals surface area contributed by atoms with E-state index in [0.717, 1.165) is 25.0 Å². The Kier molecular flexibility index (Phi) is 5.78. The third kappa shape index (κ3) is 4.24. The number of nitrogens with zero attached hydrogens (tertiary/aromatic N) is 3. The van der Waals surface area contributed by atoms with E-state index in [9.17, 15) is 13.6 Å². The van der Waals surface area contributed by atoms with Crippen LogP contribution < -0.4 is 5.32 Å². The molecule has 0 unspecified atom stereocenters. The summed E-state index contributed by atoms with van der Waals surface area (Å²) in [5.41, 5.74) is 0.359. The number of amides is 1. The lowest BCUT2D eigenvalue weighted by Crippen LogP contribution is -2.28. The Morgan fingerprint density at radius 1 is 1.25 bits per heavy atom. The Hall–Kier alpha value is -2.57. The summed E-state index contributed by atoms with van der Waals surface area (Å²) in [6.07, 6.45) is 1.86. The Morgan fingerprint density at radius 3 is 2.54 bits per heavy atom. The highest BCUT2D eigenvalue weighted by atomic mass is 19.1. The number of aromatic nitrogens is 2. The van der Waals surface area contributed by atoms with Crippen molar-refractivity contribution in [1.29, 1.82) is 0 Å². The molecule has 2 rings (SSSR count). The van der Waals surface area contributed by atoms with Gasteiger partial charge in [-0.05, 0) is 31.5 Å². The third-order valence-electron chi connectivity index (χ3n) is 3.47. The molecular formula is C17H20F2N4O. The quantitative estimate of drug-likeness (QED) is 0.875. The summed E-state index contributed by atoms with van der Waals surface area (Å²) in [5, 5.41) is 2.52. The summed E-state index contributed by atoms with van der Waals surface area (Å²) in [6, 6.07) is 5.08. The molecule has 1 N–H and O–H groups in total. The molecule has 0 spiro atoms. The summed E-state index contributed by atoms with van der Waals surface area (Å²) < 4.78 is 27.5. The van der Waals surface area contributed by atoms with Crippen molar-refractivity contribution < 1.29 is 13.6 Å². The summed E-state index contributed by atoms with van der Waals surface area (Å²) in [4.78, 5) is 22.2. The van der Waals surface area contributed by atoms with E-state index in [2.05, 4.69) is 15.3 Å². The van der Waals surface area contributed by atoms with Gasteiger partial charge in [-0.25, -0.2) is 18.7 Å². The first-order valence-corrected chi connectivity index (χ1v) is 7.74. The Balaban J connectivity index is 2.27. The number of carbonyl (C=O) groups is 1. The van der Waals surface area contributed by atoms with Gasteiger partial charge in [-0.3, -0.25) is 4.79 Å².